The van der Waals surface area contributed by atoms with Crippen LogP contribution in [0.5, 0.6) is 5.88 Å². The van der Waals surface area contributed by atoms with Crippen molar-refractivity contribution < 1.29 is 28.6 Å². The fourth-order valence-electron chi connectivity index (χ4n) is 5.80. The zero-order valence-corrected chi connectivity index (χ0v) is 28.0. The number of likely N-dealkylation sites (tertiary alicyclic amines) is 1. The maximum atomic E-state index is 13.5. The highest BCUT2D eigenvalue weighted by molar-refractivity contribution is 6.06. The topological polar surface area (TPSA) is 131 Å². The van der Waals surface area contributed by atoms with Gasteiger partial charge in [-0.25, -0.2) is 19.1 Å². The van der Waals surface area contributed by atoms with E-state index in [2.05, 4.69) is 27.2 Å². The first-order valence-electron chi connectivity index (χ1n) is 15.7. The predicted octanol–water partition coefficient (Wildman–Crippen LogP) is 5.30. The molecule has 2 amide bonds. The third-order valence-electron chi connectivity index (χ3n) is 7.93. The number of carbonyl (C=O) groups is 3. The van der Waals surface area contributed by atoms with E-state index in [1.165, 1.54) is 7.11 Å². The number of rotatable bonds is 5. The van der Waals surface area contributed by atoms with Gasteiger partial charge in [0.25, 0.3) is 5.91 Å². The summed E-state index contributed by atoms with van der Waals surface area (Å²) in [6.45, 7) is 14.1. The number of aromatic nitrogens is 3. The predicted molar refractivity (Wildman–Crippen MR) is 175 cm³/mol. The minimum Gasteiger partial charge on any atom is -0.480 e. The lowest BCUT2D eigenvalue weighted by Gasteiger charge is -2.36. The normalized spacial score (nSPS) is 17.7. The summed E-state index contributed by atoms with van der Waals surface area (Å²) in [4.78, 5) is 54.4. The second-order valence-corrected chi connectivity index (χ2v) is 13.8. The molecule has 5 rings (SSSR count). The molecule has 5 heterocycles. The number of nitrogens with zero attached hydrogens (tertiary/aromatic N) is 6. The quantitative estimate of drug-likeness (QED) is 0.394. The first-order chi connectivity index (χ1) is 21.6. The van der Waals surface area contributed by atoms with Gasteiger partial charge in [-0.1, -0.05) is 0 Å². The van der Waals surface area contributed by atoms with E-state index in [0.717, 1.165) is 30.5 Å². The van der Waals surface area contributed by atoms with Crippen molar-refractivity contribution in [2.45, 2.75) is 71.6 Å². The lowest BCUT2D eigenvalue weighted by atomic mass is 10.1. The van der Waals surface area contributed by atoms with Gasteiger partial charge in [0.2, 0.25) is 5.88 Å². The maximum Gasteiger partial charge on any atom is 0.419 e. The number of carbonyl (C=O) groups excluding carboxylic acids is 3. The molecule has 2 aliphatic heterocycles. The minimum absolute atomic E-state index is 0.0621. The van der Waals surface area contributed by atoms with Gasteiger partial charge in [0.15, 0.2) is 0 Å². The van der Waals surface area contributed by atoms with Gasteiger partial charge in [0, 0.05) is 49.5 Å². The summed E-state index contributed by atoms with van der Waals surface area (Å²) >= 11 is 0. The molecule has 0 aromatic carbocycles. The lowest BCUT2D eigenvalue weighted by molar-refractivity contribution is 0.0239. The lowest BCUT2D eigenvalue weighted by Crippen LogP contribution is -2.50. The molecule has 13 nitrogen and oxygen atoms in total. The van der Waals surface area contributed by atoms with E-state index < -0.39 is 23.2 Å². The van der Waals surface area contributed by atoms with E-state index in [1.807, 2.05) is 52.5 Å². The van der Waals surface area contributed by atoms with Crippen LogP contribution in [0.3, 0.4) is 0 Å². The third-order valence-corrected chi connectivity index (χ3v) is 7.93. The molecule has 0 radical (unpaired) electrons. The van der Waals surface area contributed by atoms with Gasteiger partial charge < -0.3 is 29.3 Å². The molecule has 1 atom stereocenters. The number of methoxy groups -OCH3 is 1. The summed E-state index contributed by atoms with van der Waals surface area (Å²) < 4.78 is 18.4. The highest BCUT2D eigenvalue weighted by atomic mass is 16.6. The van der Waals surface area contributed by atoms with Crippen LogP contribution in [-0.4, -0.2) is 101 Å². The molecular weight excluding hydrogens is 590 g/mol. The summed E-state index contributed by atoms with van der Waals surface area (Å²) in [5, 5.41) is 3.62. The van der Waals surface area contributed by atoms with Crippen LogP contribution in [-0.2, 0) is 9.47 Å². The van der Waals surface area contributed by atoms with Gasteiger partial charge in [-0.15, -0.1) is 0 Å². The molecule has 2 saturated heterocycles. The highest BCUT2D eigenvalue weighted by Gasteiger charge is 2.31. The molecule has 3 aromatic heterocycles. The molecular formula is C33H45N7O6. The monoisotopic (exact) mass is 635 g/mol. The number of anilines is 2. The SMILES string of the molecule is COc1nc(N2CCN(C(=O)OC(C)(C)C)CC2)ccc1C(=O)Nc1cc2c(cn1)cc([C@H]1CCCN1C)n2C(=O)OC(C)(C)C. The van der Waals surface area contributed by atoms with Crippen LogP contribution < -0.4 is 15.0 Å². The average Bonchev–Trinajstić information content (AvgIpc) is 3.57. The highest BCUT2D eigenvalue weighted by Crippen LogP contribution is 2.35. The maximum absolute atomic E-state index is 13.5. The van der Waals surface area contributed by atoms with Crippen LogP contribution in [0.4, 0.5) is 21.2 Å². The van der Waals surface area contributed by atoms with E-state index in [9.17, 15) is 14.4 Å². The first kappa shape index (κ1) is 33.0. The van der Waals surface area contributed by atoms with Crippen molar-refractivity contribution in [2.24, 2.45) is 0 Å². The number of nitrogens with one attached hydrogen (secondary N) is 1. The van der Waals surface area contributed by atoms with Crippen LogP contribution in [0.15, 0.2) is 30.5 Å². The molecule has 3 aromatic rings. The molecule has 0 spiro atoms. The number of fused-ring (bicyclic) bond motifs is 1. The van der Waals surface area contributed by atoms with E-state index in [1.54, 1.807) is 33.9 Å². The molecule has 46 heavy (non-hydrogen) atoms. The van der Waals surface area contributed by atoms with Crippen molar-refractivity contribution >= 4 is 40.6 Å². The third kappa shape index (κ3) is 7.35. The van der Waals surface area contributed by atoms with Gasteiger partial charge in [-0.3, -0.25) is 9.69 Å². The van der Waals surface area contributed by atoms with Crippen molar-refractivity contribution in [3.63, 3.8) is 0 Å². The first-order valence-corrected chi connectivity index (χ1v) is 15.7. The Hall–Kier alpha value is -4.39. The molecule has 0 saturated carbocycles. The fourth-order valence-corrected chi connectivity index (χ4v) is 5.80. The molecule has 0 aliphatic carbocycles. The second-order valence-electron chi connectivity index (χ2n) is 13.8. The van der Waals surface area contributed by atoms with Crippen LogP contribution in [0.1, 0.15) is 76.5 Å². The molecule has 13 heteroatoms. The van der Waals surface area contributed by atoms with E-state index >= 15 is 0 Å². The smallest absolute Gasteiger partial charge is 0.419 e. The molecule has 0 unspecified atom stereocenters. The molecule has 2 fully saturated rings. The molecule has 0 bridgehead atoms. The van der Waals surface area contributed by atoms with Crippen LogP contribution in [0.25, 0.3) is 10.9 Å². The van der Waals surface area contributed by atoms with E-state index in [4.69, 9.17) is 14.2 Å². The fraction of sp³-hybridized carbons (Fsp3) is 0.545. The average molecular weight is 636 g/mol. The van der Waals surface area contributed by atoms with Gasteiger partial charge in [0.1, 0.15) is 28.4 Å². The van der Waals surface area contributed by atoms with Gasteiger partial charge in [0.05, 0.1) is 18.7 Å². The van der Waals surface area contributed by atoms with Gasteiger partial charge >= 0.3 is 12.2 Å². The van der Waals surface area contributed by atoms with Crippen LogP contribution in [0, 0.1) is 0 Å². The number of ether oxygens (including phenoxy) is 3. The molecule has 2 aliphatic rings. The zero-order valence-electron chi connectivity index (χ0n) is 28.0. The summed E-state index contributed by atoms with van der Waals surface area (Å²) in [6.07, 6.45) is 2.80. The Morgan fingerprint density at radius 3 is 2.20 bits per heavy atom. The standard InChI is InChI=1S/C33H45N7O6/c1-32(2,3)45-30(42)39-16-14-38(15-17-39)27-12-11-22(29(36-27)44-8)28(41)35-26-19-24-21(20-34-26)18-25(23-10-9-13-37(23)7)40(24)31(43)46-33(4,5)6/h11-12,18-20,23H,9-10,13-17H2,1-8H3,(H,34,35,41)/t23-/m1/s1. The summed E-state index contributed by atoms with van der Waals surface area (Å²) in [5.41, 5.74) is 0.427. The van der Waals surface area contributed by atoms with Gasteiger partial charge in [-0.2, -0.15) is 4.98 Å². The van der Waals surface area contributed by atoms with Crippen molar-refractivity contribution in [3.05, 3.63) is 41.7 Å². The Bertz CT molecular complexity index is 1610. The van der Waals surface area contributed by atoms with E-state index in [0.29, 0.717) is 37.5 Å². The zero-order chi connectivity index (χ0) is 33.4. The minimum atomic E-state index is -0.683. The largest absolute Gasteiger partial charge is 0.480 e. The second kappa shape index (κ2) is 12.8. The van der Waals surface area contributed by atoms with Crippen LogP contribution in [0.2, 0.25) is 0 Å². The van der Waals surface area contributed by atoms with Crippen molar-refractivity contribution in [3.8, 4) is 5.88 Å². The Morgan fingerprint density at radius 2 is 1.59 bits per heavy atom. The van der Waals surface area contributed by atoms with Crippen LogP contribution >= 0.6 is 0 Å². The molecule has 1 N–H and O–H groups in total. The molecule has 248 valence electrons. The number of hydrogen-bond donors (Lipinski definition) is 1. The summed E-state index contributed by atoms with van der Waals surface area (Å²) in [5.74, 6) is 0.616. The Labute approximate surface area is 269 Å². The van der Waals surface area contributed by atoms with Crippen molar-refractivity contribution in [1.29, 1.82) is 0 Å². The number of amides is 2. The van der Waals surface area contributed by atoms with Gasteiger partial charge in [-0.05, 0) is 86.2 Å². The Kier molecular flexibility index (Phi) is 9.16. The Morgan fingerprint density at radius 1 is 0.913 bits per heavy atom. The van der Waals surface area contributed by atoms with Crippen molar-refractivity contribution in [2.75, 3.05) is 57.1 Å². The number of hydrogen-bond acceptors (Lipinski definition) is 10. The Balaban J connectivity index is 1.35. The summed E-state index contributed by atoms with van der Waals surface area (Å²) in [7, 11) is 3.51. The van der Waals surface area contributed by atoms with Crippen molar-refractivity contribution in [1.82, 2.24) is 24.3 Å². The van der Waals surface area contributed by atoms with E-state index in [-0.39, 0.29) is 29.4 Å². The number of piperazine rings is 1. The summed E-state index contributed by atoms with van der Waals surface area (Å²) in [6, 6.07) is 7.14. The number of pyridine rings is 2.